The van der Waals surface area contributed by atoms with E-state index in [1.54, 1.807) is 0 Å². The maximum absolute atomic E-state index is 6.04. The Morgan fingerprint density at radius 1 is 0.478 bits per heavy atom. The van der Waals surface area contributed by atoms with E-state index in [0.29, 0.717) is 6.61 Å². The molecule has 4 aromatic carbocycles. The monoisotopic (exact) mass is 622 g/mol. The molecule has 0 radical (unpaired) electrons. The lowest BCUT2D eigenvalue weighted by Gasteiger charge is -2.30. The number of unbranched alkanes of at least 4 members (excludes halogenated alkanes) is 3. The van der Waals surface area contributed by atoms with Crippen LogP contribution in [0.2, 0.25) is 0 Å². The van der Waals surface area contributed by atoms with E-state index in [2.05, 4.69) is 118 Å². The number of ether oxygens (including phenoxy) is 5. The Balaban J connectivity index is 1.52. The van der Waals surface area contributed by atoms with Crippen LogP contribution in [-0.4, -0.2) is 39.1 Å². The third-order valence-corrected chi connectivity index (χ3v) is 8.43. The van der Waals surface area contributed by atoms with Gasteiger partial charge < -0.3 is 23.7 Å². The van der Waals surface area contributed by atoms with Gasteiger partial charge in [0.2, 0.25) is 0 Å². The van der Waals surface area contributed by atoms with Gasteiger partial charge in [0.25, 0.3) is 0 Å². The fraction of sp³-hybridized carbons (Fsp3) is 0.415. The van der Waals surface area contributed by atoms with Gasteiger partial charge in [-0.05, 0) is 90.0 Å². The van der Waals surface area contributed by atoms with E-state index in [-0.39, 0.29) is 17.9 Å². The van der Waals surface area contributed by atoms with Crippen LogP contribution < -0.4 is 18.9 Å². The van der Waals surface area contributed by atoms with Gasteiger partial charge in [-0.15, -0.1) is 0 Å². The molecule has 0 spiro atoms. The van der Waals surface area contributed by atoms with E-state index in [4.69, 9.17) is 23.7 Å². The van der Waals surface area contributed by atoms with Crippen molar-refractivity contribution in [3.8, 4) is 23.0 Å². The summed E-state index contributed by atoms with van der Waals surface area (Å²) < 4.78 is 29.4. The standard InChI is InChI=1S/C41H50O5/c1-4-7-26-42-35-18-10-31(11-19-35)40(32-12-20-36(21-13-32)43-27-8-5-2)41(33-14-22-37(23-15-33)44-28-9-6-3)34-16-24-38(25-17-34)45-29-39-30-46-39/h10-25,39-41H,4-9,26-30H2,1-3H3. The molecule has 0 N–H and O–H groups in total. The molecule has 1 heterocycles. The second-order valence-corrected chi connectivity index (χ2v) is 12.1. The molecule has 0 saturated carbocycles. The number of epoxide rings is 1. The Morgan fingerprint density at radius 3 is 1.02 bits per heavy atom. The molecule has 2 unspecified atom stereocenters. The summed E-state index contributed by atoms with van der Waals surface area (Å²) >= 11 is 0. The van der Waals surface area contributed by atoms with Crippen LogP contribution in [0.1, 0.15) is 93.4 Å². The summed E-state index contributed by atoms with van der Waals surface area (Å²) in [5.41, 5.74) is 4.88. The minimum atomic E-state index is 0.0317. The van der Waals surface area contributed by atoms with Crippen molar-refractivity contribution in [1.82, 2.24) is 0 Å². The summed E-state index contributed by atoms with van der Waals surface area (Å²) in [6, 6.07) is 34.6. The lowest BCUT2D eigenvalue weighted by Crippen LogP contribution is -2.15. The van der Waals surface area contributed by atoms with E-state index in [0.717, 1.165) is 88.0 Å². The van der Waals surface area contributed by atoms with Crippen molar-refractivity contribution in [2.75, 3.05) is 33.0 Å². The second kappa shape index (κ2) is 17.7. The van der Waals surface area contributed by atoms with Crippen LogP contribution in [0.15, 0.2) is 97.1 Å². The first-order chi connectivity index (χ1) is 22.7. The van der Waals surface area contributed by atoms with Crippen LogP contribution in [0, 0.1) is 0 Å². The van der Waals surface area contributed by atoms with Gasteiger partial charge in [0, 0.05) is 11.8 Å². The average Bonchev–Trinajstić information content (AvgIpc) is 3.93. The van der Waals surface area contributed by atoms with E-state index >= 15 is 0 Å². The number of rotatable bonds is 20. The molecule has 0 aromatic heterocycles. The summed E-state index contributed by atoms with van der Waals surface area (Å²) in [5.74, 6) is 3.64. The summed E-state index contributed by atoms with van der Waals surface area (Å²) in [7, 11) is 0. The van der Waals surface area contributed by atoms with Crippen LogP contribution in [0.4, 0.5) is 0 Å². The quantitative estimate of drug-likeness (QED) is 0.0725. The smallest absolute Gasteiger partial charge is 0.119 e. The molecular formula is C41H50O5. The van der Waals surface area contributed by atoms with E-state index in [1.165, 1.54) is 22.3 Å². The van der Waals surface area contributed by atoms with E-state index in [1.807, 2.05) is 0 Å². The maximum Gasteiger partial charge on any atom is 0.119 e. The Morgan fingerprint density at radius 2 is 0.761 bits per heavy atom. The van der Waals surface area contributed by atoms with Gasteiger partial charge in [-0.2, -0.15) is 0 Å². The number of hydrogen-bond donors (Lipinski definition) is 0. The fourth-order valence-corrected chi connectivity index (χ4v) is 5.60. The SMILES string of the molecule is CCCCOc1ccc(C(c2ccc(OCCCC)cc2)C(c2ccc(OCCCC)cc2)c2ccc(OCC3CO3)cc2)cc1. The van der Waals surface area contributed by atoms with Gasteiger partial charge in [0.1, 0.15) is 35.7 Å². The molecule has 2 atom stereocenters. The summed E-state index contributed by atoms with van der Waals surface area (Å²) in [4.78, 5) is 0. The minimum Gasteiger partial charge on any atom is -0.494 e. The van der Waals surface area contributed by atoms with Crippen LogP contribution in [0.3, 0.4) is 0 Å². The largest absolute Gasteiger partial charge is 0.494 e. The molecule has 1 saturated heterocycles. The van der Waals surface area contributed by atoms with E-state index in [9.17, 15) is 0 Å². The zero-order valence-electron chi connectivity index (χ0n) is 27.8. The van der Waals surface area contributed by atoms with Crippen LogP contribution >= 0.6 is 0 Å². The summed E-state index contributed by atoms with van der Waals surface area (Å²) in [5, 5.41) is 0. The molecule has 5 nitrogen and oxygen atoms in total. The first-order valence-electron chi connectivity index (χ1n) is 17.2. The van der Waals surface area contributed by atoms with Gasteiger partial charge >= 0.3 is 0 Å². The molecule has 4 aromatic rings. The normalized spacial score (nSPS) is 14.6. The Kier molecular flexibility index (Phi) is 12.8. The molecule has 0 aliphatic carbocycles. The zero-order chi connectivity index (χ0) is 32.0. The first-order valence-corrected chi connectivity index (χ1v) is 17.2. The van der Waals surface area contributed by atoms with Crippen molar-refractivity contribution >= 4 is 0 Å². The highest BCUT2D eigenvalue weighted by molar-refractivity contribution is 5.48. The predicted molar refractivity (Wildman–Crippen MR) is 186 cm³/mol. The molecule has 5 rings (SSSR count). The number of hydrogen-bond acceptors (Lipinski definition) is 5. The lowest BCUT2D eigenvalue weighted by molar-refractivity contribution is 0.263. The highest BCUT2D eigenvalue weighted by Gasteiger charge is 2.29. The zero-order valence-corrected chi connectivity index (χ0v) is 27.8. The van der Waals surface area contributed by atoms with Gasteiger partial charge in [0.15, 0.2) is 0 Å². The Hall–Kier alpha value is -3.96. The third kappa shape index (κ3) is 9.77. The molecule has 1 fully saturated rings. The molecule has 0 bridgehead atoms. The van der Waals surface area contributed by atoms with Crippen molar-refractivity contribution in [2.45, 2.75) is 77.2 Å². The van der Waals surface area contributed by atoms with Gasteiger partial charge in [-0.25, -0.2) is 0 Å². The lowest BCUT2D eigenvalue weighted by atomic mass is 9.73. The molecule has 244 valence electrons. The fourth-order valence-electron chi connectivity index (χ4n) is 5.60. The second-order valence-electron chi connectivity index (χ2n) is 12.1. The molecule has 1 aliphatic rings. The van der Waals surface area contributed by atoms with Crippen molar-refractivity contribution in [3.05, 3.63) is 119 Å². The Bertz CT molecular complexity index is 1360. The van der Waals surface area contributed by atoms with Crippen LogP contribution in [-0.2, 0) is 4.74 Å². The van der Waals surface area contributed by atoms with Gasteiger partial charge in [-0.1, -0.05) is 88.6 Å². The van der Waals surface area contributed by atoms with Crippen molar-refractivity contribution in [3.63, 3.8) is 0 Å². The molecule has 46 heavy (non-hydrogen) atoms. The van der Waals surface area contributed by atoms with Gasteiger partial charge in [0.05, 0.1) is 26.4 Å². The summed E-state index contributed by atoms with van der Waals surface area (Å²) in [6.07, 6.45) is 6.69. The minimum absolute atomic E-state index is 0.0317. The first kappa shape index (κ1) is 33.4. The third-order valence-electron chi connectivity index (χ3n) is 8.43. The highest BCUT2D eigenvalue weighted by Crippen LogP contribution is 2.44. The van der Waals surface area contributed by atoms with E-state index < -0.39 is 0 Å². The maximum atomic E-state index is 6.04. The number of benzene rings is 4. The highest BCUT2D eigenvalue weighted by atomic mass is 16.6. The van der Waals surface area contributed by atoms with Crippen LogP contribution in [0.5, 0.6) is 23.0 Å². The summed E-state index contributed by atoms with van der Waals surface area (Å²) in [6.45, 7) is 10.1. The Labute approximate surface area is 275 Å². The molecular weight excluding hydrogens is 572 g/mol. The molecule has 1 aliphatic heterocycles. The predicted octanol–water partition coefficient (Wildman–Crippen LogP) is 9.96. The van der Waals surface area contributed by atoms with Crippen molar-refractivity contribution < 1.29 is 23.7 Å². The van der Waals surface area contributed by atoms with Crippen LogP contribution in [0.25, 0.3) is 0 Å². The average molecular weight is 623 g/mol. The topological polar surface area (TPSA) is 49.5 Å². The van der Waals surface area contributed by atoms with Gasteiger partial charge in [-0.3, -0.25) is 0 Å². The van der Waals surface area contributed by atoms with Crippen molar-refractivity contribution in [2.24, 2.45) is 0 Å². The molecule has 0 amide bonds. The van der Waals surface area contributed by atoms with Crippen molar-refractivity contribution in [1.29, 1.82) is 0 Å². The molecule has 5 heteroatoms.